The molecule has 0 unspecified atom stereocenters. The van der Waals surface area contributed by atoms with Crippen LogP contribution in [0, 0.1) is 6.92 Å². The first-order valence-corrected chi connectivity index (χ1v) is 9.89. The first kappa shape index (κ1) is 21.0. The Balaban J connectivity index is 1.70. The predicted molar refractivity (Wildman–Crippen MR) is 118 cm³/mol. The predicted octanol–water partition coefficient (Wildman–Crippen LogP) is 3.54. The number of anilines is 1. The lowest BCUT2D eigenvalue weighted by Gasteiger charge is -2.22. The van der Waals surface area contributed by atoms with Crippen molar-refractivity contribution in [3.05, 3.63) is 68.7 Å². The zero-order valence-electron chi connectivity index (χ0n) is 17.1. The molecule has 2 aromatic carbocycles. The molecule has 1 N–H and O–H groups in total. The van der Waals surface area contributed by atoms with E-state index in [2.05, 4.69) is 9.97 Å². The van der Waals surface area contributed by atoms with Gasteiger partial charge in [0.25, 0.3) is 5.56 Å². The van der Waals surface area contributed by atoms with Crippen LogP contribution in [0.2, 0.25) is 5.02 Å². The van der Waals surface area contributed by atoms with Crippen molar-refractivity contribution in [2.75, 3.05) is 25.5 Å². The van der Waals surface area contributed by atoms with E-state index in [9.17, 15) is 9.59 Å². The van der Waals surface area contributed by atoms with Crippen LogP contribution in [0.25, 0.3) is 10.9 Å². The first-order valence-electron chi connectivity index (χ1n) is 9.51. The Kier molecular flexibility index (Phi) is 6.35. The summed E-state index contributed by atoms with van der Waals surface area (Å²) in [6, 6.07) is 11.2. The van der Waals surface area contributed by atoms with Gasteiger partial charge < -0.3 is 9.88 Å². The molecule has 7 heteroatoms. The van der Waals surface area contributed by atoms with Gasteiger partial charge in [-0.3, -0.25) is 14.5 Å². The number of hydrogen-bond donors (Lipinski definition) is 1. The van der Waals surface area contributed by atoms with Crippen LogP contribution >= 0.6 is 11.6 Å². The summed E-state index contributed by atoms with van der Waals surface area (Å²) in [6.45, 7) is 4.51. The van der Waals surface area contributed by atoms with Crippen LogP contribution in [0.15, 0.2) is 41.2 Å². The molecule has 1 amide bonds. The van der Waals surface area contributed by atoms with Crippen molar-refractivity contribution in [1.82, 2.24) is 14.9 Å². The van der Waals surface area contributed by atoms with Crippen LogP contribution in [0.3, 0.4) is 0 Å². The Morgan fingerprint density at radius 3 is 2.62 bits per heavy atom. The maximum atomic E-state index is 12.7. The number of amides is 1. The van der Waals surface area contributed by atoms with Gasteiger partial charge in [-0.2, -0.15) is 0 Å². The highest BCUT2D eigenvalue weighted by Gasteiger charge is 2.16. The van der Waals surface area contributed by atoms with Gasteiger partial charge in [-0.15, -0.1) is 0 Å². The number of rotatable bonds is 6. The van der Waals surface area contributed by atoms with E-state index in [1.165, 1.54) is 0 Å². The third-order valence-electron chi connectivity index (χ3n) is 4.91. The van der Waals surface area contributed by atoms with Crippen molar-refractivity contribution in [3.63, 3.8) is 0 Å². The minimum atomic E-state index is -0.170. The average molecular weight is 413 g/mol. The second-order valence-electron chi connectivity index (χ2n) is 7.29. The first-order chi connectivity index (χ1) is 13.8. The Hall–Kier alpha value is -2.70. The molecule has 3 rings (SSSR count). The van der Waals surface area contributed by atoms with E-state index >= 15 is 0 Å². The third-order valence-corrected chi connectivity index (χ3v) is 5.27. The van der Waals surface area contributed by atoms with Crippen molar-refractivity contribution in [3.8, 4) is 0 Å². The van der Waals surface area contributed by atoms with Gasteiger partial charge in [-0.25, -0.2) is 4.98 Å². The molecule has 152 valence electrons. The lowest BCUT2D eigenvalue weighted by atomic mass is 10.1. The van der Waals surface area contributed by atoms with Crippen molar-refractivity contribution in [2.24, 2.45) is 0 Å². The number of hydrogen-bond acceptors (Lipinski definition) is 4. The SMILES string of the molecule is CCc1ccc(N(C)C(=O)CN(C)Cc2nc3ccc(C)cc3c(=O)[nH]2)cc1Cl. The van der Waals surface area contributed by atoms with Crippen molar-refractivity contribution in [2.45, 2.75) is 26.8 Å². The lowest BCUT2D eigenvalue weighted by Crippen LogP contribution is -2.37. The Bertz CT molecular complexity index is 1110. The van der Waals surface area contributed by atoms with Gasteiger partial charge in [0.05, 0.1) is 24.0 Å². The van der Waals surface area contributed by atoms with Gasteiger partial charge in [0.1, 0.15) is 5.82 Å². The average Bonchev–Trinajstić information content (AvgIpc) is 2.67. The van der Waals surface area contributed by atoms with Gasteiger partial charge >= 0.3 is 0 Å². The summed E-state index contributed by atoms with van der Waals surface area (Å²) in [4.78, 5) is 35.7. The second-order valence-corrected chi connectivity index (χ2v) is 7.69. The summed E-state index contributed by atoms with van der Waals surface area (Å²) >= 11 is 6.27. The molecular weight excluding hydrogens is 388 g/mol. The summed E-state index contributed by atoms with van der Waals surface area (Å²) in [5, 5.41) is 1.23. The number of nitrogens with one attached hydrogen (secondary N) is 1. The van der Waals surface area contributed by atoms with E-state index in [1.807, 2.05) is 62.2 Å². The molecule has 0 atom stereocenters. The van der Waals surface area contributed by atoms with Crippen LogP contribution in [-0.2, 0) is 17.8 Å². The van der Waals surface area contributed by atoms with Gasteiger partial charge in [0, 0.05) is 17.8 Å². The van der Waals surface area contributed by atoms with Crippen molar-refractivity contribution >= 4 is 34.1 Å². The molecule has 0 fully saturated rings. The van der Waals surface area contributed by atoms with Crippen molar-refractivity contribution in [1.29, 1.82) is 0 Å². The lowest BCUT2D eigenvalue weighted by molar-refractivity contribution is -0.119. The van der Waals surface area contributed by atoms with Crippen LogP contribution in [0.1, 0.15) is 23.9 Å². The standard InChI is InChI=1S/C22H25ClN4O2/c1-5-15-7-8-16(11-18(15)23)27(4)21(28)13-26(3)12-20-24-19-9-6-14(2)10-17(19)22(29)25-20/h6-11H,5,12-13H2,1-4H3,(H,24,25,29). The molecule has 6 nitrogen and oxygen atoms in total. The molecular formula is C22H25ClN4O2. The molecule has 0 saturated carbocycles. The number of likely N-dealkylation sites (N-methyl/N-ethyl adjacent to an activating group) is 2. The summed E-state index contributed by atoms with van der Waals surface area (Å²) in [7, 11) is 3.55. The monoisotopic (exact) mass is 412 g/mol. The number of H-pyrrole nitrogens is 1. The van der Waals surface area contributed by atoms with E-state index in [0.29, 0.717) is 28.3 Å². The highest BCUT2D eigenvalue weighted by molar-refractivity contribution is 6.31. The summed E-state index contributed by atoms with van der Waals surface area (Å²) in [5.41, 5.74) is 3.29. The van der Waals surface area contributed by atoms with Gasteiger partial charge in [-0.05, 0) is 50.2 Å². The fraction of sp³-hybridized carbons (Fsp3) is 0.318. The van der Waals surface area contributed by atoms with Gasteiger partial charge in [0.15, 0.2) is 0 Å². The minimum Gasteiger partial charge on any atom is -0.314 e. The number of aromatic amines is 1. The molecule has 0 bridgehead atoms. The number of nitrogens with zero attached hydrogens (tertiary/aromatic N) is 3. The van der Waals surface area contributed by atoms with E-state index in [-0.39, 0.29) is 18.0 Å². The fourth-order valence-electron chi connectivity index (χ4n) is 3.20. The topological polar surface area (TPSA) is 69.3 Å². The van der Waals surface area contributed by atoms with Crippen LogP contribution in [-0.4, -0.2) is 41.4 Å². The smallest absolute Gasteiger partial charge is 0.258 e. The molecule has 3 aromatic rings. The van der Waals surface area contributed by atoms with Gasteiger partial charge in [-0.1, -0.05) is 36.2 Å². The number of halogens is 1. The normalized spacial score (nSPS) is 11.2. The molecule has 0 saturated heterocycles. The quantitative estimate of drug-likeness (QED) is 0.672. The largest absolute Gasteiger partial charge is 0.314 e. The number of aromatic nitrogens is 2. The zero-order chi connectivity index (χ0) is 21.1. The third kappa shape index (κ3) is 4.83. The van der Waals surface area contributed by atoms with E-state index in [1.54, 1.807) is 11.9 Å². The molecule has 0 radical (unpaired) electrons. The maximum absolute atomic E-state index is 12.7. The highest BCUT2D eigenvalue weighted by atomic mass is 35.5. The van der Waals surface area contributed by atoms with Crippen LogP contribution < -0.4 is 10.5 Å². The van der Waals surface area contributed by atoms with Crippen LogP contribution in [0.5, 0.6) is 0 Å². The minimum absolute atomic E-state index is 0.0772. The Morgan fingerprint density at radius 1 is 1.17 bits per heavy atom. The molecule has 0 aliphatic carbocycles. The summed E-state index contributed by atoms with van der Waals surface area (Å²) < 4.78 is 0. The number of benzene rings is 2. The Morgan fingerprint density at radius 2 is 1.93 bits per heavy atom. The summed E-state index contributed by atoms with van der Waals surface area (Å²) in [5.74, 6) is 0.450. The zero-order valence-corrected chi connectivity index (χ0v) is 17.9. The number of fused-ring (bicyclic) bond motifs is 1. The second kappa shape index (κ2) is 8.76. The number of carbonyl (C=O) groups excluding carboxylic acids is 1. The summed E-state index contributed by atoms with van der Waals surface area (Å²) in [6.07, 6.45) is 0.843. The van der Waals surface area contributed by atoms with Crippen molar-refractivity contribution < 1.29 is 4.79 Å². The highest BCUT2D eigenvalue weighted by Crippen LogP contribution is 2.23. The molecule has 0 aliphatic heterocycles. The molecule has 1 heterocycles. The number of aryl methyl sites for hydroxylation is 2. The van der Waals surface area contributed by atoms with Gasteiger partial charge in [0.2, 0.25) is 5.91 Å². The van der Waals surface area contributed by atoms with E-state index in [0.717, 1.165) is 23.2 Å². The fourth-order valence-corrected chi connectivity index (χ4v) is 3.51. The maximum Gasteiger partial charge on any atom is 0.258 e. The van der Waals surface area contributed by atoms with E-state index in [4.69, 9.17) is 11.6 Å². The van der Waals surface area contributed by atoms with Crippen LogP contribution in [0.4, 0.5) is 5.69 Å². The number of carbonyl (C=O) groups is 1. The molecule has 29 heavy (non-hydrogen) atoms. The molecule has 1 aromatic heterocycles. The molecule has 0 spiro atoms. The Labute approximate surface area is 175 Å². The van der Waals surface area contributed by atoms with E-state index < -0.39 is 0 Å². The molecule has 0 aliphatic rings.